The van der Waals surface area contributed by atoms with Gasteiger partial charge in [-0.05, 0) is 36.5 Å². The van der Waals surface area contributed by atoms with Crippen LogP contribution in [0.2, 0.25) is 0 Å². The van der Waals surface area contributed by atoms with Gasteiger partial charge in [-0.25, -0.2) is 12.8 Å². The summed E-state index contributed by atoms with van der Waals surface area (Å²) in [7, 11) is -3.05. The monoisotopic (exact) mass is 438 g/mol. The molecule has 1 saturated carbocycles. The van der Waals surface area contributed by atoms with Crippen molar-refractivity contribution in [3.05, 3.63) is 35.6 Å². The molecule has 3 aliphatic rings. The minimum Gasteiger partial charge on any atom is -0.346 e. The van der Waals surface area contributed by atoms with Crippen LogP contribution >= 0.6 is 11.8 Å². The maximum Gasteiger partial charge on any atom is 0.248 e. The zero-order valence-electron chi connectivity index (χ0n) is 16.4. The van der Waals surface area contributed by atoms with Crippen LogP contribution in [0, 0.1) is 11.7 Å². The summed E-state index contributed by atoms with van der Waals surface area (Å²) >= 11 is 1.43. The van der Waals surface area contributed by atoms with E-state index in [1.54, 1.807) is 12.1 Å². The van der Waals surface area contributed by atoms with E-state index in [0.717, 1.165) is 12.0 Å². The zero-order chi connectivity index (χ0) is 20.4. The van der Waals surface area contributed by atoms with Crippen LogP contribution in [0.3, 0.4) is 0 Å². The maximum absolute atomic E-state index is 13.1. The fourth-order valence-corrected chi connectivity index (χ4v) is 8.58. The Morgan fingerprint density at radius 2 is 1.90 bits per heavy atom. The van der Waals surface area contributed by atoms with Gasteiger partial charge in [-0.2, -0.15) is 4.99 Å². The lowest BCUT2D eigenvalue weighted by Gasteiger charge is -2.24. The number of carbonyl (C=O) groups is 1. The second-order valence-corrected chi connectivity index (χ2v) is 11.7. The number of nitrogens with zero attached hydrogens (tertiary/aromatic N) is 2. The Hall–Kier alpha value is -1.41. The molecule has 2 saturated heterocycles. The Morgan fingerprint density at radius 1 is 1.17 bits per heavy atom. The molecule has 1 aromatic rings. The normalized spacial score (nSPS) is 27.6. The molecule has 0 radical (unpaired) electrons. The molecule has 1 aromatic carbocycles. The van der Waals surface area contributed by atoms with Crippen molar-refractivity contribution in [2.45, 2.75) is 56.2 Å². The number of rotatable bonds is 6. The van der Waals surface area contributed by atoms with Crippen molar-refractivity contribution in [2.75, 3.05) is 18.1 Å². The first kappa shape index (κ1) is 20.8. The van der Waals surface area contributed by atoms with Crippen molar-refractivity contribution < 1.29 is 17.6 Å². The Balaban J connectivity index is 1.44. The summed E-state index contributed by atoms with van der Waals surface area (Å²) in [6.45, 7) is 0.573. The predicted molar refractivity (Wildman–Crippen MR) is 114 cm³/mol. The van der Waals surface area contributed by atoms with Crippen molar-refractivity contribution in [3.63, 3.8) is 0 Å². The van der Waals surface area contributed by atoms with Gasteiger partial charge in [0.05, 0.1) is 17.5 Å². The van der Waals surface area contributed by atoms with E-state index in [1.165, 1.54) is 49.6 Å². The molecular weight excluding hydrogens is 411 g/mol. The van der Waals surface area contributed by atoms with Crippen molar-refractivity contribution >= 4 is 32.7 Å². The number of sulfone groups is 1. The highest BCUT2D eigenvalue weighted by molar-refractivity contribution is 8.15. The third-order valence-corrected chi connectivity index (χ3v) is 9.44. The third kappa shape index (κ3) is 5.20. The van der Waals surface area contributed by atoms with Crippen molar-refractivity contribution in [1.82, 2.24) is 4.90 Å². The molecule has 2 unspecified atom stereocenters. The fraction of sp³-hybridized carbons (Fsp3) is 0.619. The van der Waals surface area contributed by atoms with Crippen molar-refractivity contribution in [2.24, 2.45) is 10.9 Å². The number of amidine groups is 1. The lowest BCUT2D eigenvalue weighted by Crippen LogP contribution is -2.39. The lowest BCUT2D eigenvalue weighted by molar-refractivity contribution is -0.118. The Kier molecular flexibility index (Phi) is 6.30. The highest BCUT2D eigenvalue weighted by Crippen LogP contribution is 2.38. The second kappa shape index (κ2) is 8.76. The van der Waals surface area contributed by atoms with Gasteiger partial charge >= 0.3 is 0 Å². The molecule has 1 aliphatic carbocycles. The number of thioether (sulfide) groups is 1. The molecule has 2 atom stereocenters. The van der Waals surface area contributed by atoms with E-state index in [-0.39, 0.29) is 34.5 Å². The van der Waals surface area contributed by atoms with E-state index >= 15 is 0 Å². The van der Waals surface area contributed by atoms with Gasteiger partial charge in [0.25, 0.3) is 0 Å². The lowest BCUT2D eigenvalue weighted by atomic mass is 10.0. The molecule has 2 heterocycles. The van der Waals surface area contributed by atoms with E-state index in [0.29, 0.717) is 30.5 Å². The van der Waals surface area contributed by atoms with Crippen LogP contribution in [0.4, 0.5) is 4.39 Å². The Bertz CT molecular complexity index is 880. The first-order chi connectivity index (χ1) is 13.9. The summed E-state index contributed by atoms with van der Waals surface area (Å²) < 4.78 is 37.3. The van der Waals surface area contributed by atoms with Gasteiger partial charge in [0, 0.05) is 18.2 Å². The Morgan fingerprint density at radius 3 is 2.62 bits per heavy atom. The van der Waals surface area contributed by atoms with Crippen LogP contribution in [-0.4, -0.2) is 53.7 Å². The molecule has 2 aliphatic heterocycles. The van der Waals surface area contributed by atoms with Crippen LogP contribution in [0.5, 0.6) is 0 Å². The van der Waals surface area contributed by atoms with Gasteiger partial charge in [-0.1, -0.05) is 49.6 Å². The average molecular weight is 439 g/mol. The minimum atomic E-state index is -3.05. The number of amides is 1. The first-order valence-electron chi connectivity index (χ1n) is 10.4. The molecule has 5 nitrogen and oxygen atoms in total. The van der Waals surface area contributed by atoms with Crippen LogP contribution in [-0.2, 0) is 21.1 Å². The van der Waals surface area contributed by atoms with Crippen LogP contribution in [0.15, 0.2) is 29.3 Å². The van der Waals surface area contributed by atoms with E-state index < -0.39 is 9.84 Å². The van der Waals surface area contributed by atoms with Crippen LogP contribution in [0.1, 0.15) is 44.1 Å². The van der Waals surface area contributed by atoms with E-state index in [1.807, 2.05) is 4.90 Å². The van der Waals surface area contributed by atoms with Gasteiger partial charge in [0.2, 0.25) is 5.91 Å². The van der Waals surface area contributed by atoms with Gasteiger partial charge < -0.3 is 4.90 Å². The highest BCUT2D eigenvalue weighted by Gasteiger charge is 2.48. The number of benzene rings is 1. The standard InChI is InChI=1S/C21H27FN2O3S2/c22-17-8-5-16(6-9-17)11-12-24-18-13-29(26,27)14-19(18)28-21(24)23-20(25)10-7-15-3-1-2-4-15/h5-6,8-9,15,18-19H,1-4,7,10-14H2. The van der Waals surface area contributed by atoms with Gasteiger partial charge in [-0.3, -0.25) is 4.79 Å². The largest absolute Gasteiger partial charge is 0.346 e. The molecule has 3 fully saturated rings. The van der Waals surface area contributed by atoms with Gasteiger partial charge in [-0.15, -0.1) is 0 Å². The zero-order valence-corrected chi connectivity index (χ0v) is 18.1. The minimum absolute atomic E-state index is 0.0606. The summed E-state index contributed by atoms with van der Waals surface area (Å²) in [4.78, 5) is 18.9. The maximum atomic E-state index is 13.1. The molecule has 0 aromatic heterocycles. The van der Waals surface area contributed by atoms with Gasteiger partial charge in [0.1, 0.15) is 5.82 Å². The van der Waals surface area contributed by atoms with E-state index in [2.05, 4.69) is 4.99 Å². The number of aliphatic imine (C=N–C) groups is 1. The molecule has 29 heavy (non-hydrogen) atoms. The molecule has 0 bridgehead atoms. The van der Waals surface area contributed by atoms with Crippen molar-refractivity contribution in [1.29, 1.82) is 0 Å². The average Bonchev–Trinajstić information content (AvgIpc) is 3.35. The number of hydrogen-bond donors (Lipinski definition) is 0. The summed E-state index contributed by atoms with van der Waals surface area (Å²) in [5, 5.41) is 0.600. The summed E-state index contributed by atoms with van der Waals surface area (Å²) in [6.07, 6.45) is 6.97. The highest BCUT2D eigenvalue weighted by atomic mass is 32.2. The number of carbonyl (C=O) groups excluding carboxylic acids is 1. The first-order valence-corrected chi connectivity index (χ1v) is 13.1. The topological polar surface area (TPSA) is 66.8 Å². The molecule has 8 heteroatoms. The second-order valence-electron chi connectivity index (χ2n) is 8.35. The number of hydrogen-bond acceptors (Lipinski definition) is 4. The van der Waals surface area contributed by atoms with Crippen LogP contribution in [0.25, 0.3) is 0 Å². The van der Waals surface area contributed by atoms with Crippen molar-refractivity contribution in [3.8, 4) is 0 Å². The summed E-state index contributed by atoms with van der Waals surface area (Å²) in [6, 6.07) is 6.21. The quantitative estimate of drug-likeness (QED) is 0.681. The SMILES string of the molecule is O=C(CCC1CCCC1)N=C1SC2CS(=O)(=O)CC2N1CCc1ccc(F)cc1. The molecule has 0 spiro atoms. The third-order valence-electron chi connectivity index (χ3n) is 6.19. The summed E-state index contributed by atoms with van der Waals surface area (Å²) in [5.41, 5.74) is 0.979. The number of halogens is 1. The van der Waals surface area contributed by atoms with Gasteiger partial charge in [0.15, 0.2) is 15.0 Å². The summed E-state index contributed by atoms with van der Waals surface area (Å²) in [5.74, 6) is 0.527. The predicted octanol–water partition coefficient (Wildman–Crippen LogP) is 3.44. The number of fused-ring (bicyclic) bond motifs is 1. The molecule has 4 rings (SSSR count). The molecule has 0 N–H and O–H groups in total. The molecule has 158 valence electrons. The van der Waals surface area contributed by atoms with E-state index in [4.69, 9.17) is 0 Å². The Labute approximate surface area is 176 Å². The molecule has 1 amide bonds. The van der Waals surface area contributed by atoms with Crippen LogP contribution < -0.4 is 0 Å². The smallest absolute Gasteiger partial charge is 0.248 e. The van der Waals surface area contributed by atoms with E-state index in [9.17, 15) is 17.6 Å². The molecular formula is C21H27FN2O3S2. The fourth-order valence-electron chi connectivity index (χ4n) is 4.59.